The van der Waals surface area contributed by atoms with Gasteiger partial charge in [0.15, 0.2) is 0 Å². The van der Waals surface area contributed by atoms with E-state index in [1.165, 1.54) is 0 Å². The van der Waals surface area contributed by atoms with Gasteiger partial charge in [-0.1, -0.05) is 91.0 Å². The highest BCUT2D eigenvalue weighted by molar-refractivity contribution is 7.87. The molecule has 13 nitrogen and oxygen atoms in total. The lowest BCUT2D eigenvalue weighted by molar-refractivity contribution is 0.796. The maximum atomic E-state index is 5.58. The van der Waals surface area contributed by atoms with Crippen molar-refractivity contribution in [2.24, 2.45) is 15.2 Å². The Morgan fingerprint density at radius 3 is 0.740 bits per heavy atom. The monoisotopic (exact) mass is 987 g/mol. The molecule has 0 unspecified atom stereocenters. The van der Waals surface area contributed by atoms with E-state index in [9.17, 15) is 0 Å². The van der Waals surface area contributed by atoms with E-state index >= 15 is 0 Å². The van der Waals surface area contributed by atoms with Crippen molar-refractivity contribution in [3.8, 4) is 28.4 Å². The Bertz CT molecular complexity index is 3610. The van der Waals surface area contributed by atoms with E-state index in [1.54, 1.807) is 0 Å². The lowest BCUT2D eigenvalue weighted by Crippen LogP contribution is -2.25. The van der Waals surface area contributed by atoms with E-state index in [1.807, 2.05) is 18.2 Å². The number of hydrogen-bond donors (Lipinski definition) is 0. The predicted molar refractivity (Wildman–Crippen MR) is 301 cm³/mol. The highest BCUT2D eigenvalue weighted by atomic mass is 31.2. The topological polar surface area (TPSA) is 76.8 Å². The Hall–Kier alpha value is -8.54. The molecule has 0 aliphatic heterocycles. The molecule has 0 radical (unpaired) electrons. The Balaban J connectivity index is 1.57. The molecule has 14 heteroatoms. The number of rotatable bonds is 10. The summed E-state index contributed by atoms with van der Waals surface area (Å²) in [4.78, 5) is 5.58. The molecule has 0 aliphatic carbocycles. The van der Waals surface area contributed by atoms with Crippen LogP contribution in [0.4, 0.5) is 5.69 Å². The number of benzene rings is 4. The van der Waals surface area contributed by atoms with Gasteiger partial charge in [0.05, 0.1) is 24.1 Å². The molecule has 366 valence electrons. The molecule has 0 saturated carbocycles. The van der Waals surface area contributed by atoms with Crippen LogP contribution in [-0.4, -0.2) is 93.3 Å². The van der Waals surface area contributed by atoms with Gasteiger partial charge in [-0.25, -0.2) is 22.9 Å². The summed E-state index contributed by atoms with van der Waals surface area (Å²) in [5.41, 5.74) is 4.75. The Labute approximate surface area is 427 Å². The van der Waals surface area contributed by atoms with Crippen LogP contribution in [0.25, 0.3) is 28.4 Å². The second-order valence-corrected chi connectivity index (χ2v) is 21.8. The Morgan fingerprint density at radius 2 is 0.507 bits per heavy atom. The van der Waals surface area contributed by atoms with Gasteiger partial charge in [0.25, 0.3) is 0 Å². The van der Waals surface area contributed by atoms with Crippen LogP contribution in [0.2, 0.25) is 0 Å². The van der Waals surface area contributed by atoms with Crippen molar-refractivity contribution in [2.45, 2.75) is 0 Å². The standard InChI is InChI=1S/C59H65N13P/c1-63(2)46-26-36-68(37-27-46)55-54(60-61-62-73(51-20-14-11-15-21-51,52-22-16-12-17-23-52)53-24-18-13-19-25-53)56(69-38-28-47(29-39-69)64(3)4)58(71-42-32-49(33-43-71)66(7)8)59(72-44-34-50(35-45-72)67(9)10)57(55)70-40-30-48(31-41-70)65(5)6/h11-45H,1-10H3/q+5. The van der Waals surface area contributed by atoms with E-state index in [0.29, 0.717) is 5.69 Å². The molecule has 9 rings (SSSR count). The van der Waals surface area contributed by atoms with Crippen LogP contribution < -0.4 is 65.6 Å². The highest BCUT2D eigenvalue weighted by Crippen LogP contribution is 2.49. The molecule has 73 heavy (non-hydrogen) atoms. The summed E-state index contributed by atoms with van der Waals surface area (Å²) in [7, 11) is 17.8. The van der Waals surface area contributed by atoms with Crippen LogP contribution in [0.3, 0.4) is 0 Å². The van der Waals surface area contributed by atoms with Crippen LogP contribution in [0.1, 0.15) is 0 Å². The van der Waals surface area contributed by atoms with Crippen molar-refractivity contribution in [1.29, 1.82) is 0 Å². The fourth-order valence-electron chi connectivity index (χ4n) is 8.98. The third kappa shape index (κ3) is 10.0. The van der Waals surface area contributed by atoms with Gasteiger partial charge in [-0.3, -0.25) is 0 Å². The van der Waals surface area contributed by atoms with E-state index < -0.39 is 7.05 Å². The van der Waals surface area contributed by atoms with Crippen molar-refractivity contribution in [3.63, 3.8) is 0 Å². The predicted octanol–water partition coefficient (Wildman–Crippen LogP) is 4.98. The third-order valence-corrected chi connectivity index (χ3v) is 16.5. The molecule has 0 atom stereocenters. The maximum absolute atomic E-state index is 5.58. The second-order valence-electron chi connectivity index (χ2n) is 18.8. The second kappa shape index (κ2) is 21.4. The zero-order valence-electron chi connectivity index (χ0n) is 43.5. The largest absolute Gasteiger partial charge is 0.320 e. The molecule has 0 bridgehead atoms. The normalized spacial score (nSPS) is 11.4. The maximum Gasteiger partial charge on any atom is 0.202 e. The first-order valence-electron chi connectivity index (χ1n) is 24.2. The molecule has 0 aliphatic rings. The van der Waals surface area contributed by atoms with Gasteiger partial charge in [0.1, 0.15) is 87.5 Å². The number of hydrogen-bond acceptors (Lipinski definition) is 1. The van der Waals surface area contributed by atoms with Crippen LogP contribution in [0, 0.1) is 0 Å². The quantitative estimate of drug-likeness (QED) is 0.0805. The van der Waals surface area contributed by atoms with Gasteiger partial charge in [0, 0.05) is 139 Å². The van der Waals surface area contributed by atoms with E-state index in [4.69, 9.17) is 15.2 Å². The number of pyridine rings is 5. The fraction of sp³-hybridized carbons (Fsp3) is 0.169. The fourth-order valence-corrected chi connectivity index (χ4v) is 12.2. The van der Waals surface area contributed by atoms with Gasteiger partial charge < -0.3 is 22.8 Å². The first-order chi connectivity index (χ1) is 35.3. The van der Waals surface area contributed by atoms with E-state index in [0.717, 1.165) is 71.1 Å². The summed E-state index contributed by atoms with van der Waals surface area (Å²) in [5, 5.41) is 19.2. The summed E-state index contributed by atoms with van der Waals surface area (Å²) in [5.74, 6) is 0. The van der Waals surface area contributed by atoms with Crippen molar-refractivity contribution >= 4 is 28.7 Å². The van der Waals surface area contributed by atoms with Crippen LogP contribution >= 0.6 is 7.05 Å². The number of aromatic nitrogens is 5. The van der Waals surface area contributed by atoms with Crippen LogP contribution in [-0.2, 0) is 0 Å². The average Bonchev–Trinajstić information content (AvgIpc) is 3.42. The number of nitrogens with zero attached hydrogens (tertiary/aromatic N) is 13. The summed E-state index contributed by atoms with van der Waals surface area (Å²) < 4.78 is 21.5. The zero-order chi connectivity index (χ0) is 51.2. The summed E-state index contributed by atoms with van der Waals surface area (Å²) >= 11 is 0. The average molecular weight is 987 g/mol. The molecule has 0 amide bonds. The molecule has 0 saturated heterocycles. The summed E-state index contributed by atoms with van der Waals surface area (Å²) in [6, 6.07) is 53.0. The zero-order valence-corrected chi connectivity index (χ0v) is 44.4. The summed E-state index contributed by atoms with van der Waals surface area (Å²) in [6.07, 6.45) is 21.3. The van der Waals surface area contributed by atoms with Crippen molar-refractivity contribution in [2.75, 3.05) is 70.5 Å². The molecular weight excluding hydrogens is 922 g/mol. The molecule has 0 spiro atoms. The van der Waals surface area contributed by atoms with E-state index in [2.05, 4.69) is 312 Å². The van der Waals surface area contributed by atoms with E-state index in [-0.39, 0.29) is 0 Å². The smallest absolute Gasteiger partial charge is 0.202 e. The van der Waals surface area contributed by atoms with Crippen LogP contribution in [0.5, 0.6) is 0 Å². The molecule has 0 N–H and O–H groups in total. The van der Waals surface area contributed by atoms with Gasteiger partial charge in [-0.2, -0.15) is 0 Å². The first kappa shape index (κ1) is 49.4. The molecule has 9 aromatic rings. The van der Waals surface area contributed by atoms with Gasteiger partial charge in [-0.15, -0.1) is 9.97 Å². The third-order valence-electron chi connectivity index (χ3n) is 13.0. The molecule has 0 fully saturated rings. The highest BCUT2D eigenvalue weighted by Gasteiger charge is 2.31. The van der Waals surface area contributed by atoms with Gasteiger partial charge >= 0.3 is 0 Å². The minimum Gasteiger partial charge on any atom is -0.320 e. The van der Waals surface area contributed by atoms with Crippen molar-refractivity contribution in [3.05, 3.63) is 240 Å². The van der Waals surface area contributed by atoms with Crippen molar-refractivity contribution < 1.29 is 0 Å². The Morgan fingerprint density at radius 1 is 0.288 bits per heavy atom. The van der Waals surface area contributed by atoms with Gasteiger partial charge in [-0.05, 0) is 5.22 Å². The molecule has 5 heterocycles. The van der Waals surface area contributed by atoms with Crippen molar-refractivity contribution in [1.82, 2.24) is 45.7 Å². The molecule has 5 aromatic heterocycles. The molecular formula is C59H65N13P+5. The minimum atomic E-state index is -2.83. The van der Waals surface area contributed by atoms with Crippen LogP contribution in [0.15, 0.2) is 229 Å². The SMILES string of the molecule is C[N+](C)=c1ccn(-c2c(N=NN=P(c3ccccc3)(c3ccccc3)c3ccccc3)c(-n3ccc(=[N+](C)C)cc3)c(-n3ccc(=[N+](C)C)cc3)c(-n3ccc(=[N+](C)C)cc3)c2-n2ccc(=[N+](C)C)cc2)cc1. The minimum absolute atomic E-state index is 0.592. The van der Waals surface area contributed by atoms with Gasteiger partial charge in [0.2, 0.25) is 26.8 Å². The Kier molecular flexibility index (Phi) is 14.5. The lowest BCUT2D eigenvalue weighted by Gasteiger charge is -2.28. The first-order valence-corrected chi connectivity index (χ1v) is 26.0. The molecule has 4 aromatic carbocycles. The lowest BCUT2D eigenvalue weighted by atomic mass is 10.1. The summed E-state index contributed by atoms with van der Waals surface area (Å²) in [6.45, 7) is 0.